The van der Waals surface area contributed by atoms with Crippen LogP contribution in [0.25, 0.3) is 0 Å². The van der Waals surface area contributed by atoms with Crippen molar-refractivity contribution in [2.45, 2.75) is 96.8 Å². The molecule has 0 aromatic carbocycles. The van der Waals surface area contributed by atoms with Gasteiger partial charge in [-0.15, -0.1) is 0 Å². The third-order valence-electron chi connectivity index (χ3n) is 5.00. The fourth-order valence-corrected chi connectivity index (χ4v) is 3.36. The number of furan rings is 1. The summed E-state index contributed by atoms with van der Waals surface area (Å²) in [7, 11) is 6.78. The van der Waals surface area contributed by atoms with E-state index in [-0.39, 0.29) is 0 Å². The van der Waals surface area contributed by atoms with E-state index in [9.17, 15) is 0 Å². The lowest BCUT2D eigenvalue weighted by Crippen LogP contribution is -2.35. The fourth-order valence-electron chi connectivity index (χ4n) is 3.36. The molecule has 0 atom stereocenters. The second-order valence-corrected chi connectivity index (χ2v) is 8.77. The summed E-state index contributed by atoms with van der Waals surface area (Å²) >= 11 is 0. The van der Waals surface area contributed by atoms with Crippen molar-refractivity contribution in [1.29, 1.82) is 0 Å². The molecule has 1 rings (SSSR count). The number of rotatable bonds is 16. The van der Waals surface area contributed by atoms with E-state index in [2.05, 4.69) is 40.2 Å². The van der Waals surface area contributed by atoms with Crippen LogP contribution >= 0.6 is 0 Å². The molecule has 2 heteroatoms. The molecule has 0 aliphatic carbocycles. The lowest BCUT2D eigenvalue weighted by Gasteiger charge is -2.23. The first-order valence-corrected chi connectivity index (χ1v) is 10.9. The van der Waals surface area contributed by atoms with Gasteiger partial charge in [-0.25, -0.2) is 0 Å². The average molecular weight is 351 g/mol. The maximum atomic E-state index is 5.99. The standard InChI is InChI=1S/C23H44NO/c1-5-6-7-8-9-10-11-12-13-14-17-22-19-20-23(25-22)18-15-16-21-24(2,3)4/h19-20H,5-18,21H2,1-4H3/q+1. The molecule has 1 aromatic rings. The summed E-state index contributed by atoms with van der Waals surface area (Å²) in [5, 5.41) is 0. The number of unbranched alkanes of at least 4 members (excludes halogenated alkanes) is 10. The fraction of sp³-hybridized carbons (Fsp3) is 0.826. The lowest BCUT2D eigenvalue weighted by molar-refractivity contribution is -0.870. The van der Waals surface area contributed by atoms with Gasteiger partial charge in [0.05, 0.1) is 27.7 Å². The zero-order valence-corrected chi connectivity index (χ0v) is 17.6. The van der Waals surface area contributed by atoms with Gasteiger partial charge in [-0.05, 0) is 31.4 Å². The van der Waals surface area contributed by atoms with Gasteiger partial charge in [-0.1, -0.05) is 64.7 Å². The van der Waals surface area contributed by atoms with E-state index < -0.39 is 0 Å². The Balaban J connectivity index is 1.97. The molecule has 25 heavy (non-hydrogen) atoms. The van der Waals surface area contributed by atoms with Gasteiger partial charge >= 0.3 is 0 Å². The molecule has 0 saturated carbocycles. The molecule has 0 aliphatic heterocycles. The molecule has 0 N–H and O–H groups in total. The Hall–Kier alpha value is -0.760. The third kappa shape index (κ3) is 13.1. The second-order valence-electron chi connectivity index (χ2n) is 8.77. The summed E-state index contributed by atoms with van der Waals surface area (Å²) < 4.78 is 7.05. The number of hydrogen-bond donors (Lipinski definition) is 0. The van der Waals surface area contributed by atoms with E-state index in [1.54, 1.807) is 0 Å². The summed E-state index contributed by atoms with van der Waals surface area (Å²) in [6, 6.07) is 4.39. The van der Waals surface area contributed by atoms with Gasteiger partial charge in [0.2, 0.25) is 0 Å². The Morgan fingerprint density at radius 3 is 1.56 bits per heavy atom. The van der Waals surface area contributed by atoms with Crippen LogP contribution in [0.1, 0.15) is 95.5 Å². The van der Waals surface area contributed by atoms with Crippen LogP contribution in [0.4, 0.5) is 0 Å². The molecule has 0 unspecified atom stereocenters. The molecule has 146 valence electrons. The molecule has 0 aliphatic rings. The molecule has 1 heterocycles. The Morgan fingerprint density at radius 1 is 0.640 bits per heavy atom. The molecule has 0 saturated heterocycles. The molecule has 1 aromatic heterocycles. The summed E-state index contributed by atoms with van der Waals surface area (Å²) in [5.74, 6) is 2.38. The molecular weight excluding hydrogens is 306 g/mol. The molecule has 0 spiro atoms. The zero-order valence-electron chi connectivity index (χ0n) is 17.6. The van der Waals surface area contributed by atoms with Gasteiger partial charge in [0.15, 0.2) is 0 Å². The average Bonchev–Trinajstić information content (AvgIpc) is 3.00. The molecule has 0 radical (unpaired) electrons. The van der Waals surface area contributed by atoms with E-state index in [4.69, 9.17) is 4.42 Å². The van der Waals surface area contributed by atoms with Crippen molar-refractivity contribution in [1.82, 2.24) is 0 Å². The van der Waals surface area contributed by atoms with E-state index in [1.165, 1.54) is 95.1 Å². The smallest absolute Gasteiger partial charge is 0.104 e. The Kier molecular flexibility index (Phi) is 12.0. The van der Waals surface area contributed by atoms with Crippen molar-refractivity contribution >= 4 is 0 Å². The minimum absolute atomic E-state index is 1.06. The number of nitrogens with zero attached hydrogens (tertiary/aromatic N) is 1. The van der Waals surface area contributed by atoms with Crippen LogP contribution in [0.2, 0.25) is 0 Å². The van der Waals surface area contributed by atoms with Gasteiger partial charge in [0, 0.05) is 12.8 Å². The summed E-state index contributed by atoms with van der Waals surface area (Å²) in [6.07, 6.45) is 18.7. The van der Waals surface area contributed by atoms with Crippen molar-refractivity contribution < 1.29 is 8.90 Å². The Morgan fingerprint density at radius 2 is 1.08 bits per heavy atom. The number of hydrogen-bond acceptors (Lipinski definition) is 1. The van der Waals surface area contributed by atoms with Crippen molar-refractivity contribution in [3.8, 4) is 0 Å². The first-order chi connectivity index (χ1) is 12.0. The minimum Gasteiger partial charge on any atom is -0.466 e. The predicted molar refractivity (Wildman–Crippen MR) is 110 cm³/mol. The minimum atomic E-state index is 1.06. The van der Waals surface area contributed by atoms with Crippen LogP contribution in [0.3, 0.4) is 0 Å². The van der Waals surface area contributed by atoms with E-state index in [0.717, 1.165) is 17.3 Å². The quantitative estimate of drug-likeness (QED) is 0.237. The highest BCUT2D eigenvalue weighted by molar-refractivity contribution is 5.07. The third-order valence-corrected chi connectivity index (χ3v) is 5.00. The van der Waals surface area contributed by atoms with E-state index in [1.807, 2.05) is 0 Å². The van der Waals surface area contributed by atoms with Crippen molar-refractivity contribution in [2.24, 2.45) is 0 Å². The van der Waals surface area contributed by atoms with Gasteiger partial charge in [0.25, 0.3) is 0 Å². The normalized spacial score (nSPS) is 12.0. The first-order valence-electron chi connectivity index (χ1n) is 10.9. The maximum Gasteiger partial charge on any atom is 0.104 e. The maximum absolute atomic E-state index is 5.99. The van der Waals surface area contributed by atoms with Crippen molar-refractivity contribution in [3.05, 3.63) is 23.7 Å². The van der Waals surface area contributed by atoms with Gasteiger partial charge in [0.1, 0.15) is 11.5 Å². The molecule has 0 bridgehead atoms. The van der Waals surface area contributed by atoms with Crippen molar-refractivity contribution in [3.63, 3.8) is 0 Å². The topological polar surface area (TPSA) is 13.1 Å². The molecule has 0 amide bonds. The lowest BCUT2D eigenvalue weighted by atomic mass is 10.1. The second kappa shape index (κ2) is 13.4. The first kappa shape index (κ1) is 22.3. The Bertz CT molecular complexity index is 416. The van der Waals surface area contributed by atoms with E-state index >= 15 is 0 Å². The van der Waals surface area contributed by atoms with Crippen LogP contribution in [0, 0.1) is 0 Å². The highest BCUT2D eigenvalue weighted by atomic mass is 16.3. The van der Waals surface area contributed by atoms with E-state index in [0.29, 0.717) is 0 Å². The van der Waals surface area contributed by atoms with Gasteiger partial charge in [-0.2, -0.15) is 0 Å². The zero-order chi connectivity index (χ0) is 18.4. The summed E-state index contributed by atoms with van der Waals surface area (Å²) in [4.78, 5) is 0. The Labute approximate surface area is 157 Å². The van der Waals surface area contributed by atoms with Crippen LogP contribution in [-0.2, 0) is 12.8 Å². The van der Waals surface area contributed by atoms with Crippen LogP contribution in [-0.4, -0.2) is 32.2 Å². The largest absolute Gasteiger partial charge is 0.466 e. The SMILES string of the molecule is CCCCCCCCCCCCc1ccc(CCCC[N+](C)(C)C)o1. The monoisotopic (exact) mass is 350 g/mol. The molecule has 2 nitrogen and oxygen atoms in total. The molecular formula is C23H44NO+. The van der Waals surface area contributed by atoms with Crippen molar-refractivity contribution in [2.75, 3.05) is 27.7 Å². The predicted octanol–water partition coefficient (Wildman–Crippen LogP) is 6.77. The summed E-state index contributed by atoms with van der Waals surface area (Å²) in [5.41, 5.74) is 0. The highest BCUT2D eigenvalue weighted by Gasteiger charge is 2.07. The number of aryl methyl sites for hydroxylation is 2. The summed E-state index contributed by atoms with van der Waals surface area (Å²) in [6.45, 7) is 3.53. The van der Waals surface area contributed by atoms with Crippen LogP contribution in [0.15, 0.2) is 16.5 Å². The molecule has 0 fully saturated rings. The van der Waals surface area contributed by atoms with Gasteiger partial charge in [-0.3, -0.25) is 0 Å². The number of quaternary nitrogens is 1. The van der Waals surface area contributed by atoms with Gasteiger partial charge < -0.3 is 8.90 Å². The van der Waals surface area contributed by atoms with Crippen LogP contribution < -0.4 is 0 Å². The van der Waals surface area contributed by atoms with Crippen LogP contribution in [0.5, 0.6) is 0 Å². The highest BCUT2D eigenvalue weighted by Crippen LogP contribution is 2.16.